The summed E-state index contributed by atoms with van der Waals surface area (Å²) in [6.45, 7) is 2.68. The van der Waals surface area contributed by atoms with Crippen molar-refractivity contribution in [2.45, 2.75) is 44.8 Å². The second kappa shape index (κ2) is 4.97. The van der Waals surface area contributed by atoms with Crippen molar-refractivity contribution in [1.82, 2.24) is 4.90 Å². The third-order valence-electron chi connectivity index (χ3n) is 2.96. The average Bonchev–Trinajstić information content (AvgIpc) is 3.01. The minimum Gasteiger partial charge on any atom is -0.334 e. The lowest BCUT2D eigenvalue weighted by Crippen LogP contribution is -2.44. The summed E-state index contributed by atoms with van der Waals surface area (Å²) in [6.07, 6.45) is 2.98. The second-order valence-electron chi connectivity index (χ2n) is 4.34. The number of nitrogens with two attached hydrogens (primary N) is 1. The number of carbonyl (C=O) groups is 1. The summed E-state index contributed by atoms with van der Waals surface area (Å²) in [4.78, 5) is 14.0. The Labute approximate surface area is 100 Å². The molecule has 0 aromatic carbocycles. The van der Waals surface area contributed by atoms with Gasteiger partial charge in [0.1, 0.15) is 0 Å². The van der Waals surface area contributed by atoms with Crippen LogP contribution in [-0.4, -0.2) is 22.9 Å². The lowest BCUT2D eigenvalue weighted by atomic mass is 10.2. The van der Waals surface area contributed by atoms with Crippen molar-refractivity contribution >= 4 is 17.2 Å². The molecule has 1 aromatic rings. The van der Waals surface area contributed by atoms with E-state index in [4.69, 9.17) is 5.73 Å². The third-order valence-corrected chi connectivity index (χ3v) is 3.69. The molecule has 0 saturated heterocycles. The summed E-state index contributed by atoms with van der Waals surface area (Å²) >= 11 is 1.67. The molecular formula is C12H18N2OS. The average molecular weight is 238 g/mol. The van der Waals surface area contributed by atoms with Gasteiger partial charge in [-0.15, -0.1) is 0 Å². The van der Waals surface area contributed by atoms with Crippen molar-refractivity contribution in [2.75, 3.05) is 0 Å². The van der Waals surface area contributed by atoms with Crippen molar-refractivity contribution < 1.29 is 4.79 Å². The number of thiophene rings is 1. The highest BCUT2D eigenvalue weighted by molar-refractivity contribution is 7.07. The highest BCUT2D eigenvalue weighted by Gasteiger charge is 2.34. The first kappa shape index (κ1) is 11.6. The number of carbonyl (C=O) groups excluding carboxylic acids is 1. The van der Waals surface area contributed by atoms with Crippen LogP contribution in [0.3, 0.4) is 0 Å². The maximum Gasteiger partial charge on any atom is 0.240 e. The Kier molecular flexibility index (Phi) is 3.61. The van der Waals surface area contributed by atoms with Crippen LogP contribution in [0.4, 0.5) is 0 Å². The van der Waals surface area contributed by atoms with Crippen LogP contribution in [0.2, 0.25) is 0 Å². The lowest BCUT2D eigenvalue weighted by Gasteiger charge is -2.24. The van der Waals surface area contributed by atoms with E-state index in [1.54, 1.807) is 11.3 Å². The van der Waals surface area contributed by atoms with Gasteiger partial charge in [0.05, 0.1) is 6.04 Å². The molecule has 1 amide bonds. The van der Waals surface area contributed by atoms with E-state index in [0.717, 1.165) is 19.4 Å². The van der Waals surface area contributed by atoms with Crippen LogP contribution in [-0.2, 0) is 11.3 Å². The van der Waals surface area contributed by atoms with Crippen LogP contribution >= 0.6 is 11.3 Å². The molecule has 2 N–H and O–H groups in total. The van der Waals surface area contributed by atoms with E-state index in [1.165, 1.54) is 5.56 Å². The third kappa shape index (κ3) is 2.62. The molecule has 0 radical (unpaired) electrons. The maximum absolute atomic E-state index is 12.1. The number of hydrogen-bond acceptors (Lipinski definition) is 3. The number of hydrogen-bond donors (Lipinski definition) is 1. The number of amides is 1. The molecule has 16 heavy (non-hydrogen) atoms. The van der Waals surface area contributed by atoms with Gasteiger partial charge < -0.3 is 10.6 Å². The highest BCUT2D eigenvalue weighted by Crippen LogP contribution is 2.29. The van der Waals surface area contributed by atoms with E-state index >= 15 is 0 Å². The predicted octanol–water partition coefficient (Wildman–Crippen LogP) is 1.98. The molecule has 88 valence electrons. The molecule has 3 nitrogen and oxygen atoms in total. The Balaban J connectivity index is 2.02. The van der Waals surface area contributed by atoms with E-state index in [1.807, 2.05) is 17.2 Å². The Morgan fingerprint density at radius 2 is 2.44 bits per heavy atom. The summed E-state index contributed by atoms with van der Waals surface area (Å²) in [6, 6.07) is 2.18. The topological polar surface area (TPSA) is 46.3 Å². The summed E-state index contributed by atoms with van der Waals surface area (Å²) < 4.78 is 0. The predicted molar refractivity (Wildman–Crippen MR) is 66.2 cm³/mol. The first-order valence-electron chi connectivity index (χ1n) is 5.79. The summed E-state index contributed by atoms with van der Waals surface area (Å²) in [5.74, 6) is 0.108. The largest absolute Gasteiger partial charge is 0.334 e. The Hall–Kier alpha value is -0.870. The normalized spacial score (nSPS) is 17.1. The molecule has 0 bridgehead atoms. The van der Waals surface area contributed by atoms with Crippen LogP contribution in [0.1, 0.15) is 31.7 Å². The van der Waals surface area contributed by atoms with Gasteiger partial charge in [-0.2, -0.15) is 11.3 Å². The van der Waals surface area contributed by atoms with E-state index < -0.39 is 0 Å². The molecule has 1 atom stereocenters. The monoisotopic (exact) mass is 238 g/mol. The highest BCUT2D eigenvalue weighted by atomic mass is 32.1. The fourth-order valence-electron chi connectivity index (χ4n) is 1.74. The molecule has 1 aliphatic rings. The van der Waals surface area contributed by atoms with Gasteiger partial charge in [0.25, 0.3) is 0 Å². The summed E-state index contributed by atoms with van der Waals surface area (Å²) in [5, 5.41) is 4.14. The zero-order chi connectivity index (χ0) is 11.5. The fraction of sp³-hybridized carbons (Fsp3) is 0.583. The first-order valence-corrected chi connectivity index (χ1v) is 6.73. The first-order chi connectivity index (χ1) is 7.72. The van der Waals surface area contributed by atoms with Gasteiger partial charge in [-0.05, 0) is 41.7 Å². The quantitative estimate of drug-likeness (QED) is 0.852. The van der Waals surface area contributed by atoms with Crippen LogP contribution < -0.4 is 5.73 Å². The van der Waals surface area contributed by atoms with E-state index in [9.17, 15) is 4.79 Å². The molecule has 0 spiro atoms. The zero-order valence-electron chi connectivity index (χ0n) is 9.56. The summed E-state index contributed by atoms with van der Waals surface area (Å²) in [7, 11) is 0. The molecule has 2 rings (SSSR count). The van der Waals surface area contributed by atoms with Crippen molar-refractivity contribution in [3.8, 4) is 0 Å². The minimum absolute atomic E-state index is 0.108. The van der Waals surface area contributed by atoms with Crippen molar-refractivity contribution in [3.63, 3.8) is 0 Å². The van der Waals surface area contributed by atoms with Gasteiger partial charge in [0.15, 0.2) is 0 Å². The Morgan fingerprint density at radius 3 is 2.94 bits per heavy atom. The van der Waals surface area contributed by atoms with Gasteiger partial charge in [0, 0.05) is 12.6 Å². The Morgan fingerprint density at radius 1 is 1.69 bits per heavy atom. The molecule has 0 aliphatic heterocycles. The van der Waals surface area contributed by atoms with Crippen LogP contribution in [0.5, 0.6) is 0 Å². The molecular weight excluding hydrogens is 220 g/mol. The zero-order valence-corrected chi connectivity index (χ0v) is 10.4. The van der Waals surface area contributed by atoms with Gasteiger partial charge in [-0.3, -0.25) is 4.79 Å². The Bertz CT molecular complexity index is 346. The minimum atomic E-state index is -0.334. The smallest absolute Gasteiger partial charge is 0.240 e. The molecule has 1 fully saturated rings. The van der Waals surface area contributed by atoms with Gasteiger partial charge in [0.2, 0.25) is 5.91 Å². The van der Waals surface area contributed by atoms with Crippen LogP contribution in [0.15, 0.2) is 16.8 Å². The number of rotatable bonds is 5. The van der Waals surface area contributed by atoms with Crippen LogP contribution in [0.25, 0.3) is 0 Å². The van der Waals surface area contributed by atoms with E-state index in [-0.39, 0.29) is 11.9 Å². The number of nitrogens with zero attached hydrogens (tertiary/aromatic N) is 1. The van der Waals surface area contributed by atoms with Crippen molar-refractivity contribution in [3.05, 3.63) is 22.4 Å². The van der Waals surface area contributed by atoms with E-state index in [0.29, 0.717) is 12.5 Å². The van der Waals surface area contributed by atoms with Crippen molar-refractivity contribution in [1.29, 1.82) is 0 Å². The fourth-order valence-corrected chi connectivity index (χ4v) is 2.40. The maximum atomic E-state index is 12.1. The van der Waals surface area contributed by atoms with Crippen LogP contribution in [0, 0.1) is 0 Å². The molecule has 1 aliphatic carbocycles. The SMILES string of the molecule is CC[C@H](N)C(=O)N(Cc1ccsc1)C1CC1. The van der Waals surface area contributed by atoms with Gasteiger partial charge in [-0.25, -0.2) is 0 Å². The van der Waals surface area contributed by atoms with E-state index in [2.05, 4.69) is 11.4 Å². The second-order valence-corrected chi connectivity index (χ2v) is 5.12. The van der Waals surface area contributed by atoms with Gasteiger partial charge in [-0.1, -0.05) is 6.92 Å². The molecule has 1 heterocycles. The lowest BCUT2D eigenvalue weighted by molar-refractivity contribution is -0.133. The molecule has 4 heteroatoms. The standard InChI is InChI=1S/C12H18N2OS/c1-2-11(13)12(15)14(10-3-4-10)7-9-5-6-16-8-9/h5-6,8,10-11H,2-4,7,13H2,1H3/t11-/m0/s1. The molecule has 0 unspecified atom stereocenters. The van der Waals surface area contributed by atoms with Gasteiger partial charge >= 0.3 is 0 Å². The van der Waals surface area contributed by atoms with Crippen molar-refractivity contribution in [2.24, 2.45) is 5.73 Å². The molecule has 1 saturated carbocycles. The molecule has 1 aromatic heterocycles. The summed E-state index contributed by atoms with van der Waals surface area (Å²) in [5.41, 5.74) is 7.04.